The van der Waals surface area contributed by atoms with Gasteiger partial charge in [-0.1, -0.05) is 129 Å². The van der Waals surface area contributed by atoms with E-state index in [1.165, 1.54) is 103 Å². The molecule has 204 valence electrons. The molecule has 0 aromatic heterocycles. The molecular weight excluding hydrogens is 451 g/mol. The van der Waals surface area contributed by atoms with E-state index in [-0.39, 0.29) is 41.9 Å². The zero-order valence-electron chi connectivity index (χ0n) is 23.5. The molecule has 0 fully saturated rings. The van der Waals surface area contributed by atoms with Crippen LogP contribution in [0, 0.1) is 0 Å². The molecule has 0 aliphatic heterocycles. The van der Waals surface area contributed by atoms with Gasteiger partial charge in [0, 0.05) is 29.5 Å². The van der Waals surface area contributed by atoms with Crippen LogP contribution >= 0.6 is 0 Å². The van der Waals surface area contributed by atoms with Gasteiger partial charge in [-0.15, -0.1) is 0 Å². The lowest BCUT2D eigenvalue weighted by Crippen LogP contribution is -2.33. The molecule has 0 rings (SSSR count). The van der Waals surface area contributed by atoms with Gasteiger partial charge >= 0.3 is 11.9 Å². The fourth-order valence-electron chi connectivity index (χ4n) is 4.11. The summed E-state index contributed by atoms with van der Waals surface area (Å²) >= 11 is 0. The van der Waals surface area contributed by atoms with Crippen LogP contribution in [0.5, 0.6) is 0 Å². The number of hydrogen-bond acceptors (Lipinski definition) is 5. The fraction of sp³-hybridized carbons (Fsp3) is 0.931. The molecule has 2 N–H and O–H groups in total. The van der Waals surface area contributed by atoms with Crippen molar-refractivity contribution in [2.45, 2.75) is 161 Å². The van der Waals surface area contributed by atoms with E-state index < -0.39 is 12.0 Å². The summed E-state index contributed by atoms with van der Waals surface area (Å²) in [5.74, 6) is -0.674. The SMILES string of the molecule is CCCCCCCCCCCCOC(=O)CC[C@H](N)C(=O)OCCCCCCCCCCCC.[Mg]. The van der Waals surface area contributed by atoms with Crippen molar-refractivity contribution in [2.24, 2.45) is 5.73 Å². The van der Waals surface area contributed by atoms with Crippen molar-refractivity contribution in [3.8, 4) is 0 Å². The second-order valence-electron chi connectivity index (χ2n) is 9.90. The van der Waals surface area contributed by atoms with E-state index in [9.17, 15) is 9.59 Å². The maximum atomic E-state index is 12.0. The Balaban J connectivity index is 0. The average Bonchev–Trinajstić information content (AvgIpc) is 2.84. The molecule has 0 spiro atoms. The average molecular weight is 508 g/mol. The zero-order valence-corrected chi connectivity index (χ0v) is 24.9. The molecule has 0 aromatic carbocycles. The molecular formula is C29H57MgNO4. The van der Waals surface area contributed by atoms with Crippen molar-refractivity contribution in [3.05, 3.63) is 0 Å². The summed E-state index contributed by atoms with van der Waals surface area (Å²) in [4.78, 5) is 23.8. The Bertz CT molecular complexity index is 462. The van der Waals surface area contributed by atoms with Gasteiger partial charge in [-0.25, -0.2) is 0 Å². The molecule has 0 amide bonds. The lowest BCUT2D eigenvalue weighted by molar-refractivity contribution is -0.146. The summed E-state index contributed by atoms with van der Waals surface area (Å²) < 4.78 is 10.5. The third-order valence-electron chi connectivity index (χ3n) is 6.47. The zero-order chi connectivity index (χ0) is 25.1. The molecule has 0 aromatic rings. The molecule has 5 nitrogen and oxygen atoms in total. The minimum atomic E-state index is -0.743. The van der Waals surface area contributed by atoms with Crippen LogP contribution in [0.2, 0.25) is 0 Å². The summed E-state index contributed by atoms with van der Waals surface area (Å²) in [6.45, 7) is 5.38. The number of unbranched alkanes of at least 4 members (excludes halogenated alkanes) is 18. The van der Waals surface area contributed by atoms with Crippen LogP contribution in [-0.4, -0.2) is 54.2 Å². The van der Waals surface area contributed by atoms with E-state index in [0.717, 1.165) is 25.7 Å². The van der Waals surface area contributed by atoms with Gasteiger partial charge in [0.1, 0.15) is 6.04 Å². The number of rotatable bonds is 26. The monoisotopic (exact) mass is 507 g/mol. The number of esters is 2. The molecule has 35 heavy (non-hydrogen) atoms. The van der Waals surface area contributed by atoms with Gasteiger partial charge < -0.3 is 15.2 Å². The van der Waals surface area contributed by atoms with Gasteiger partial charge in [0.15, 0.2) is 0 Å². The highest BCUT2D eigenvalue weighted by Gasteiger charge is 2.17. The molecule has 0 unspecified atom stereocenters. The van der Waals surface area contributed by atoms with Crippen LogP contribution in [0.4, 0.5) is 0 Å². The van der Waals surface area contributed by atoms with Crippen molar-refractivity contribution in [1.82, 2.24) is 0 Å². The smallest absolute Gasteiger partial charge is 0.322 e. The van der Waals surface area contributed by atoms with Crippen LogP contribution in [0.1, 0.15) is 155 Å². The van der Waals surface area contributed by atoms with Gasteiger partial charge in [0.2, 0.25) is 0 Å². The number of nitrogens with two attached hydrogens (primary N) is 1. The fourth-order valence-corrected chi connectivity index (χ4v) is 4.11. The van der Waals surface area contributed by atoms with Gasteiger partial charge in [-0.2, -0.15) is 0 Å². The standard InChI is InChI=1S/C29H57NO4.Mg/c1-3-5-7-9-11-13-15-17-19-21-25-33-28(31)24-23-27(30)29(32)34-26-22-20-18-16-14-12-10-8-6-4-2;/h27H,3-26,30H2,1-2H3;/t27-;/m0./s1. The Kier molecular flexibility index (Phi) is 31.4. The first kappa shape index (κ1) is 36.8. The lowest BCUT2D eigenvalue weighted by Gasteiger charge is -2.11. The molecule has 2 radical (unpaired) electrons. The largest absolute Gasteiger partial charge is 0.466 e. The van der Waals surface area contributed by atoms with Crippen molar-refractivity contribution in [1.29, 1.82) is 0 Å². The van der Waals surface area contributed by atoms with Gasteiger partial charge in [-0.05, 0) is 19.3 Å². The van der Waals surface area contributed by atoms with Crippen LogP contribution < -0.4 is 5.73 Å². The summed E-state index contributed by atoms with van der Waals surface area (Å²) in [5, 5.41) is 0. The van der Waals surface area contributed by atoms with Crippen LogP contribution in [-0.2, 0) is 19.1 Å². The highest BCUT2D eigenvalue weighted by atomic mass is 24.3. The Hall–Kier alpha value is -0.334. The highest BCUT2D eigenvalue weighted by Crippen LogP contribution is 2.12. The van der Waals surface area contributed by atoms with Gasteiger partial charge in [0.25, 0.3) is 0 Å². The number of hydrogen-bond donors (Lipinski definition) is 1. The van der Waals surface area contributed by atoms with Gasteiger partial charge in [0.05, 0.1) is 13.2 Å². The minimum absolute atomic E-state index is 0. The Morgan fingerprint density at radius 2 is 0.914 bits per heavy atom. The van der Waals surface area contributed by atoms with Crippen LogP contribution in [0.25, 0.3) is 0 Å². The lowest BCUT2D eigenvalue weighted by atomic mass is 10.1. The first-order chi connectivity index (χ1) is 16.6. The van der Waals surface area contributed by atoms with E-state index >= 15 is 0 Å². The number of carbonyl (C=O) groups excluding carboxylic acids is 2. The normalized spacial score (nSPS) is 11.6. The van der Waals surface area contributed by atoms with E-state index in [2.05, 4.69) is 13.8 Å². The van der Waals surface area contributed by atoms with E-state index in [0.29, 0.717) is 13.2 Å². The van der Waals surface area contributed by atoms with Gasteiger partial charge in [-0.3, -0.25) is 9.59 Å². The summed E-state index contributed by atoms with van der Waals surface area (Å²) in [6, 6.07) is -0.743. The first-order valence-electron chi connectivity index (χ1n) is 14.7. The summed E-state index contributed by atoms with van der Waals surface area (Å²) in [5.41, 5.74) is 5.87. The number of carbonyl (C=O) groups is 2. The first-order valence-corrected chi connectivity index (χ1v) is 14.7. The van der Waals surface area contributed by atoms with E-state index in [1.807, 2.05) is 0 Å². The molecule has 0 saturated heterocycles. The Labute approximate surface area is 233 Å². The van der Waals surface area contributed by atoms with Crippen molar-refractivity contribution in [3.63, 3.8) is 0 Å². The predicted octanol–water partition coefficient (Wildman–Crippen LogP) is 7.64. The Morgan fingerprint density at radius 3 is 1.31 bits per heavy atom. The highest BCUT2D eigenvalue weighted by molar-refractivity contribution is 5.77. The molecule has 1 atom stereocenters. The second-order valence-corrected chi connectivity index (χ2v) is 9.90. The second kappa shape index (κ2) is 29.9. The van der Waals surface area contributed by atoms with Crippen molar-refractivity contribution >= 4 is 35.0 Å². The van der Waals surface area contributed by atoms with Crippen molar-refractivity contribution in [2.75, 3.05) is 13.2 Å². The molecule has 0 aliphatic carbocycles. The van der Waals surface area contributed by atoms with E-state index in [1.54, 1.807) is 0 Å². The maximum absolute atomic E-state index is 12.0. The topological polar surface area (TPSA) is 78.6 Å². The number of ether oxygens (including phenoxy) is 2. The van der Waals surface area contributed by atoms with Crippen LogP contribution in [0.15, 0.2) is 0 Å². The quantitative estimate of drug-likeness (QED) is 0.0739. The summed E-state index contributed by atoms with van der Waals surface area (Å²) in [7, 11) is 0. The van der Waals surface area contributed by atoms with Crippen molar-refractivity contribution < 1.29 is 19.1 Å². The molecule has 0 aliphatic rings. The third-order valence-corrected chi connectivity index (χ3v) is 6.47. The minimum Gasteiger partial charge on any atom is -0.466 e. The van der Waals surface area contributed by atoms with E-state index in [4.69, 9.17) is 15.2 Å². The predicted molar refractivity (Wildman–Crippen MR) is 149 cm³/mol. The molecule has 0 saturated carbocycles. The molecule has 0 heterocycles. The van der Waals surface area contributed by atoms with Crippen LogP contribution in [0.3, 0.4) is 0 Å². The summed E-state index contributed by atoms with van der Waals surface area (Å²) in [6.07, 6.45) is 25.5. The maximum Gasteiger partial charge on any atom is 0.322 e. The molecule has 0 bridgehead atoms. The molecule has 6 heteroatoms. The Morgan fingerprint density at radius 1 is 0.571 bits per heavy atom. The third kappa shape index (κ3) is 28.1.